The molecule has 5 heteroatoms. The number of nitrogens with one attached hydrogen (secondary N) is 1. The van der Waals surface area contributed by atoms with Gasteiger partial charge in [0.1, 0.15) is 0 Å². The van der Waals surface area contributed by atoms with Crippen molar-refractivity contribution in [3.05, 3.63) is 18.5 Å². The summed E-state index contributed by atoms with van der Waals surface area (Å²) in [7, 11) is 0. The molecule has 8 heavy (non-hydrogen) atoms. The number of aromatic nitrogens is 2. The molecule has 0 aliphatic heterocycles. The van der Waals surface area contributed by atoms with Crippen LogP contribution in [0.5, 0.6) is 0 Å². The van der Waals surface area contributed by atoms with Gasteiger partial charge in [-0.15, -0.1) is 0 Å². The minimum absolute atomic E-state index is 0. The van der Waals surface area contributed by atoms with E-state index < -0.39 is 0 Å². The van der Waals surface area contributed by atoms with Crippen molar-refractivity contribution >= 4 is 0 Å². The van der Waals surface area contributed by atoms with E-state index in [-0.39, 0.29) is 93.0 Å². The molecule has 0 saturated carbocycles. The summed E-state index contributed by atoms with van der Waals surface area (Å²) in [6.07, 6.45) is 3.46. The van der Waals surface area contributed by atoms with Gasteiger partial charge in [0.15, 0.2) is 0 Å². The minimum Gasteiger partial charge on any atom is -1.00 e. The molecule has 0 fully saturated rings. The van der Waals surface area contributed by atoms with Crippen molar-refractivity contribution in [1.82, 2.24) is 10.2 Å². The third-order valence-electron chi connectivity index (χ3n) is 0.406. The van der Waals surface area contributed by atoms with Gasteiger partial charge in [-0.25, -0.2) is 0 Å². The van der Waals surface area contributed by atoms with Crippen molar-refractivity contribution in [3.8, 4) is 0 Å². The van der Waals surface area contributed by atoms with Gasteiger partial charge in [-0.3, -0.25) is 5.10 Å². The molecule has 0 amide bonds. The van der Waals surface area contributed by atoms with Gasteiger partial charge in [-0.1, -0.05) is 0 Å². The summed E-state index contributed by atoms with van der Waals surface area (Å²) in [6.45, 7) is 0. The van der Waals surface area contributed by atoms with E-state index in [1.807, 2.05) is 6.07 Å². The zero-order valence-electron chi connectivity index (χ0n) is 8.68. The first kappa shape index (κ1) is 16.7. The SMILES string of the molecule is [H-].[H-].[H-].[Na+].[Na+].[Na+].c1cn[nH]c1. The van der Waals surface area contributed by atoms with Crippen molar-refractivity contribution in [1.29, 1.82) is 0 Å². The molecule has 0 aliphatic rings. The quantitative estimate of drug-likeness (QED) is 0.356. The Morgan fingerprint density at radius 3 is 2.00 bits per heavy atom. The minimum atomic E-state index is 0. The predicted octanol–water partition coefficient (Wildman–Crippen LogP) is -8.24. The van der Waals surface area contributed by atoms with Crippen molar-refractivity contribution in [2.75, 3.05) is 0 Å². The second-order valence-electron chi connectivity index (χ2n) is 0.766. The average Bonchev–Trinajstić information content (AvgIpc) is 1.76. The van der Waals surface area contributed by atoms with Crippen LogP contribution in [0.15, 0.2) is 18.5 Å². The Bertz CT molecular complexity index is 78.3. The van der Waals surface area contributed by atoms with Crippen LogP contribution in [-0.4, -0.2) is 10.2 Å². The molecule has 2 nitrogen and oxygen atoms in total. The van der Waals surface area contributed by atoms with Crippen LogP contribution in [0.3, 0.4) is 0 Å². The number of hydrogen-bond donors (Lipinski definition) is 1. The van der Waals surface area contributed by atoms with Crippen LogP contribution in [0.2, 0.25) is 0 Å². The number of aromatic amines is 1. The molecule has 0 spiro atoms. The van der Waals surface area contributed by atoms with Crippen LogP contribution < -0.4 is 88.7 Å². The van der Waals surface area contributed by atoms with Crippen LogP contribution >= 0.6 is 0 Å². The molecular formula is C3H7N2Na3. The Labute approximate surface area is 120 Å². The molecule has 1 aromatic rings. The van der Waals surface area contributed by atoms with Crippen LogP contribution in [0.4, 0.5) is 0 Å². The van der Waals surface area contributed by atoms with Gasteiger partial charge in [0, 0.05) is 12.4 Å². The van der Waals surface area contributed by atoms with Gasteiger partial charge in [0.25, 0.3) is 0 Å². The fraction of sp³-hybridized carbons (Fsp3) is 0. The fourth-order valence-corrected chi connectivity index (χ4v) is 0.215. The van der Waals surface area contributed by atoms with E-state index in [0.29, 0.717) is 0 Å². The molecule has 0 unspecified atom stereocenters. The Morgan fingerprint density at radius 1 is 1.25 bits per heavy atom. The molecule has 0 aliphatic carbocycles. The monoisotopic (exact) mass is 140 g/mol. The molecule has 1 aromatic heterocycles. The fourth-order valence-electron chi connectivity index (χ4n) is 0.215. The summed E-state index contributed by atoms with van der Waals surface area (Å²) < 4.78 is 0. The van der Waals surface area contributed by atoms with Crippen molar-refractivity contribution < 1.29 is 93.0 Å². The molecule has 0 radical (unpaired) electrons. The molecule has 32 valence electrons. The Morgan fingerprint density at radius 2 is 1.88 bits per heavy atom. The maximum atomic E-state index is 3.60. The predicted molar refractivity (Wildman–Crippen MR) is 21.9 cm³/mol. The maximum absolute atomic E-state index is 3.60. The first-order chi connectivity index (χ1) is 2.50. The summed E-state index contributed by atoms with van der Waals surface area (Å²) in [5, 5.41) is 6.21. The van der Waals surface area contributed by atoms with Crippen molar-refractivity contribution in [2.45, 2.75) is 0 Å². The average molecular weight is 140 g/mol. The van der Waals surface area contributed by atoms with Crippen LogP contribution in [-0.2, 0) is 0 Å². The summed E-state index contributed by atoms with van der Waals surface area (Å²) in [6, 6.07) is 1.83. The van der Waals surface area contributed by atoms with E-state index in [2.05, 4.69) is 10.2 Å². The molecule has 1 heterocycles. The molecule has 0 saturated heterocycles. The standard InChI is InChI=1S/C3H4N2.3Na.3H/c1-2-4-5-3-1;;;;;;/h1-3H,(H,4,5);;;;;;/q;3*+1;3*-1. The maximum Gasteiger partial charge on any atom is 1.00 e. The number of nitrogens with zero attached hydrogens (tertiary/aromatic N) is 1. The number of rotatable bonds is 0. The second-order valence-corrected chi connectivity index (χ2v) is 0.766. The summed E-state index contributed by atoms with van der Waals surface area (Å²) in [5.74, 6) is 0. The van der Waals surface area contributed by atoms with Gasteiger partial charge in [0.05, 0.1) is 0 Å². The second kappa shape index (κ2) is 11.9. The smallest absolute Gasteiger partial charge is 1.00 e. The summed E-state index contributed by atoms with van der Waals surface area (Å²) in [5.41, 5.74) is 0. The van der Waals surface area contributed by atoms with Crippen molar-refractivity contribution in [2.24, 2.45) is 0 Å². The molecule has 1 rings (SSSR count). The summed E-state index contributed by atoms with van der Waals surface area (Å²) in [4.78, 5) is 0. The molecule has 1 N–H and O–H groups in total. The van der Waals surface area contributed by atoms with Crippen LogP contribution in [0.25, 0.3) is 0 Å². The van der Waals surface area contributed by atoms with Gasteiger partial charge in [0.2, 0.25) is 0 Å². The zero-order chi connectivity index (χ0) is 3.54. The van der Waals surface area contributed by atoms with E-state index >= 15 is 0 Å². The Kier molecular flexibility index (Phi) is 24.9. The molecule has 0 aromatic carbocycles. The third kappa shape index (κ3) is 8.21. The van der Waals surface area contributed by atoms with Gasteiger partial charge >= 0.3 is 88.7 Å². The van der Waals surface area contributed by atoms with Crippen molar-refractivity contribution in [3.63, 3.8) is 0 Å². The van der Waals surface area contributed by atoms with E-state index in [4.69, 9.17) is 0 Å². The Balaban J connectivity index is -0.0000000104. The van der Waals surface area contributed by atoms with E-state index in [1.165, 1.54) is 0 Å². The van der Waals surface area contributed by atoms with Gasteiger partial charge in [-0.05, 0) is 6.07 Å². The van der Waals surface area contributed by atoms with Gasteiger partial charge in [-0.2, -0.15) is 5.10 Å². The first-order valence-corrected chi connectivity index (χ1v) is 1.44. The van der Waals surface area contributed by atoms with Crippen LogP contribution in [0.1, 0.15) is 4.28 Å². The Hall–Kier alpha value is 2.21. The number of hydrogen-bond acceptors (Lipinski definition) is 1. The largest absolute Gasteiger partial charge is 1.00 e. The summed E-state index contributed by atoms with van der Waals surface area (Å²) >= 11 is 0. The van der Waals surface area contributed by atoms with E-state index in [0.717, 1.165) is 0 Å². The molecule has 0 atom stereocenters. The first-order valence-electron chi connectivity index (χ1n) is 1.44. The van der Waals surface area contributed by atoms with Crippen LogP contribution in [0, 0.1) is 0 Å². The normalized spacial score (nSPS) is 5.00. The topological polar surface area (TPSA) is 28.7 Å². The molecule has 0 bridgehead atoms. The van der Waals surface area contributed by atoms with E-state index in [1.54, 1.807) is 12.4 Å². The number of H-pyrrole nitrogens is 1. The van der Waals surface area contributed by atoms with E-state index in [9.17, 15) is 0 Å². The molecular weight excluding hydrogens is 133 g/mol. The van der Waals surface area contributed by atoms with Gasteiger partial charge < -0.3 is 4.28 Å². The third-order valence-corrected chi connectivity index (χ3v) is 0.406. The zero-order valence-corrected chi connectivity index (χ0v) is 11.7.